The monoisotopic (exact) mass is 476 g/mol. The molecule has 4 aliphatic rings. The summed E-state index contributed by atoms with van der Waals surface area (Å²) in [5.41, 5.74) is 0.183. The first kappa shape index (κ1) is 26.3. The van der Waals surface area contributed by atoms with Crippen molar-refractivity contribution in [3.05, 3.63) is 12.2 Å². The van der Waals surface area contributed by atoms with Crippen molar-refractivity contribution in [3.8, 4) is 0 Å². The Morgan fingerprint density at radius 3 is 2.26 bits per heavy atom. The first-order valence-electron chi connectivity index (χ1n) is 13.6. The largest absolute Gasteiger partial charge is 0.390 e. The number of carbonyl (C=O) groups is 1. The van der Waals surface area contributed by atoms with E-state index in [1.54, 1.807) is 0 Å². The second-order valence-electron chi connectivity index (χ2n) is 14.0. The molecule has 0 bridgehead atoms. The summed E-state index contributed by atoms with van der Waals surface area (Å²) in [5, 5.41) is 42.9. The first-order chi connectivity index (χ1) is 15.6. The number of hydrogen-bond donors (Lipinski definition) is 4. The van der Waals surface area contributed by atoms with Crippen molar-refractivity contribution >= 4 is 5.78 Å². The van der Waals surface area contributed by atoms with E-state index in [-0.39, 0.29) is 39.8 Å². The molecule has 4 saturated carbocycles. The van der Waals surface area contributed by atoms with Crippen molar-refractivity contribution in [2.45, 2.75) is 111 Å². The van der Waals surface area contributed by atoms with Crippen LogP contribution in [0.3, 0.4) is 0 Å². The molecule has 5 heteroatoms. The summed E-state index contributed by atoms with van der Waals surface area (Å²) in [6.45, 7) is 16.8. The van der Waals surface area contributed by atoms with E-state index in [0.29, 0.717) is 42.6 Å². The van der Waals surface area contributed by atoms with Gasteiger partial charge in [0.05, 0.1) is 18.3 Å². The van der Waals surface area contributed by atoms with Gasteiger partial charge in [0, 0.05) is 12.3 Å². The fraction of sp³-hybridized carbons (Fsp3) is 0.897. The van der Waals surface area contributed by atoms with Gasteiger partial charge in [-0.05, 0) is 89.9 Å². The lowest BCUT2D eigenvalue weighted by atomic mass is 9.44. The molecule has 12 atom stereocenters. The van der Waals surface area contributed by atoms with Crippen LogP contribution in [0.4, 0.5) is 0 Å². The highest BCUT2D eigenvalue weighted by Gasteiger charge is 2.63. The van der Waals surface area contributed by atoms with Gasteiger partial charge >= 0.3 is 0 Å². The third-order valence-corrected chi connectivity index (χ3v) is 11.4. The Bertz CT molecular complexity index is 816. The van der Waals surface area contributed by atoms with E-state index >= 15 is 0 Å². The van der Waals surface area contributed by atoms with E-state index in [0.717, 1.165) is 25.7 Å². The number of rotatable bonds is 4. The Morgan fingerprint density at radius 2 is 1.65 bits per heavy atom. The fourth-order valence-electron chi connectivity index (χ4n) is 9.15. The van der Waals surface area contributed by atoms with E-state index in [1.165, 1.54) is 0 Å². The zero-order valence-corrected chi connectivity index (χ0v) is 22.1. The van der Waals surface area contributed by atoms with Crippen molar-refractivity contribution in [1.29, 1.82) is 0 Å². The van der Waals surface area contributed by atoms with Crippen molar-refractivity contribution in [2.75, 3.05) is 0 Å². The van der Waals surface area contributed by atoms with Gasteiger partial charge < -0.3 is 20.4 Å². The summed E-state index contributed by atoms with van der Waals surface area (Å²) in [5.74, 6) is 1.46. The molecule has 5 nitrogen and oxygen atoms in total. The number of aliphatic hydroxyl groups is 4. The molecule has 4 fully saturated rings. The van der Waals surface area contributed by atoms with Gasteiger partial charge in [0.25, 0.3) is 0 Å². The summed E-state index contributed by atoms with van der Waals surface area (Å²) in [7, 11) is 0. The third kappa shape index (κ3) is 3.93. The molecule has 0 aromatic carbocycles. The van der Waals surface area contributed by atoms with Crippen molar-refractivity contribution in [1.82, 2.24) is 0 Å². The topological polar surface area (TPSA) is 98.0 Å². The second-order valence-corrected chi connectivity index (χ2v) is 14.0. The minimum atomic E-state index is -0.944. The minimum Gasteiger partial charge on any atom is -0.390 e. The van der Waals surface area contributed by atoms with Crippen LogP contribution in [0, 0.1) is 51.8 Å². The van der Waals surface area contributed by atoms with Crippen LogP contribution in [0.15, 0.2) is 12.2 Å². The molecular formula is C29H48O5. The van der Waals surface area contributed by atoms with Gasteiger partial charge in [-0.1, -0.05) is 48.1 Å². The summed E-state index contributed by atoms with van der Waals surface area (Å²) < 4.78 is 0. The van der Waals surface area contributed by atoms with Crippen LogP contribution in [-0.2, 0) is 4.79 Å². The lowest BCUT2D eigenvalue weighted by Gasteiger charge is -2.61. The molecule has 0 radical (unpaired) electrons. The molecule has 34 heavy (non-hydrogen) atoms. The highest BCUT2D eigenvalue weighted by atomic mass is 16.3. The van der Waals surface area contributed by atoms with Crippen molar-refractivity contribution in [2.24, 2.45) is 51.8 Å². The predicted octanol–water partition coefficient (Wildman–Crippen LogP) is 4.12. The zero-order valence-electron chi connectivity index (χ0n) is 22.1. The van der Waals surface area contributed by atoms with Crippen LogP contribution in [0.1, 0.15) is 86.5 Å². The van der Waals surface area contributed by atoms with Crippen molar-refractivity contribution in [3.63, 3.8) is 0 Å². The Morgan fingerprint density at radius 1 is 1.03 bits per heavy atom. The second kappa shape index (κ2) is 8.68. The van der Waals surface area contributed by atoms with Crippen LogP contribution in [-0.4, -0.2) is 50.6 Å². The molecule has 0 spiro atoms. The zero-order chi connectivity index (χ0) is 25.4. The standard InChI is InChI=1S/C29H48O5/c1-15(25(33)26(34)16(2)27(3,4)5)18-8-9-19-17-12-22(30)21-13-23(31)24(32)14-29(21,7)20(17)10-11-28(18,19)6/h15,17-21,23-26,31-34H,2,8-14H2,1,3-7H3/t15-,17-,18+,19-,20-,21+,23-,24+,25+,26+,28-,29+/m0/s1. The molecule has 0 amide bonds. The predicted molar refractivity (Wildman–Crippen MR) is 133 cm³/mol. The number of carbonyl (C=O) groups excluding carboxylic acids is 1. The number of ketones is 1. The molecule has 4 N–H and O–H groups in total. The Kier molecular flexibility index (Phi) is 6.72. The first-order valence-corrected chi connectivity index (χ1v) is 13.6. The van der Waals surface area contributed by atoms with Crippen LogP contribution in [0.2, 0.25) is 0 Å². The number of hydrogen-bond acceptors (Lipinski definition) is 5. The van der Waals surface area contributed by atoms with Crippen molar-refractivity contribution < 1.29 is 25.2 Å². The van der Waals surface area contributed by atoms with Crippen LogP contribution in [0.5, 0.6) is 0 Å². The fourth-order valence-corrected chi connectivity index (χ4v) is 9.15. The van der Waals surface area contributed by atoms with E-state index in [1.807, 2.05) is 20.8 Å². The van der Waals surface area contributed by atoms with Gasteiger partial charge in [-0.25, -0.2) is 0 Å². The summed E-state index contributed by atoms with van der Waals surface area (Å²) in [6.07, 6.45) is 2.28. The Balaban J connectivity index is 1.56. The average Bonchev–Trinajstić information content (AvgIpc) is 3.10. The average molecular weight is 477 g/mol. The molecule has 0 aromatic heterocycles. The van der Waals surface area contributed by atoms with Crippen LogP contribution < -0.4 is 0 Å². The molecule has 4 aliphatic carbocycles. The number of aliphatic hydroxyl groups excluding tert-OH is 4. The molecule has 0 aromatic rings. The molecule has 0 saturated heterocycles. The van der Waals surface area contributed by atoms with Crippen LogP contribution in [0.25, 0.3) is 0 Å². The molecule has 4 rings (SSSR count). The van der Waals surface area contributed by atoms with Gasteiger partial charge in [-0.15, -0.1) is 0 Å². The maximum absolute atomic E-state index is 13.3. The lowest BCUT2D eigenvalue weighted by Crippen LogP contribution is -2.59. The summed E-state index contributed by atoms with van der Waals surface area (Å²) in [6, 6.07) is 0. The van der Waals surface area contributed by atoms with E-state index < -0.39 is 24.4 Å². The molecule has 0 aliphatic heterocycles. The number of fused-ring (bicyclic) bond motifs is 5. The third-order valence-electron chi connectivity index (χ3n) is 11.4. The molecule has 194 valence electrons. The van der Waals surface area contributed by atoms with Gasteiger partial charge in [0.2, 0.25) is 0 Å². The Labute approximate surface area is 206 Å². The smallest absolute Gasteiger partial charge is 0.136 e. The number of Topliss-reactive ketones (excluding diaryl/α,β-unsaturated/α-hetero) is 1. The van der Waals surface area contributed by atoms with Gasteiger partial charge in [0.1, 0.15) is 11.9 Å². The minimum absolute atomic E-state index is 0.0284. The van der Waals surface area contributed by atoms with Gasteiger partial charge in [0.15, 0.2) is 0 Å². The SMILES string of the molecule is C=C([C@@H](O)[C@H](O)[C@@H](C)[C@H]1CC[C@H]2[C@@H]3CC(=O)[C@H]4C[C@H](O)[C@H](O)C[C@]4(C)[C@H]3CC[C@@]12C)C(C)(C)C. The quantitative estimate of drug-likeness (QED) is 0.458. The van der Waals surface area contributed by atoms with Gasteiger partial charge in [-0.2, -0.15) is 0 Å². The van der Waals surface area contributed by atoms with E-state index in [2.05, 4.69) is 27.4 Å². The summed E-state index contributed by atoms with van der Waals surface area (Å²) >= 11 is 0. The van der Waals surface area contributed by atoms with E-state index in [4.69, 9.17) is 0 Å². The highest BCUT2D eigenvalue weighted by Crippen LogP contribution is 2.67. The maximum atomic E-state index is 13.3. The molecular weight excluding hydrogens is 428 g/mol. The maximum Gasteiger partial charge on any atom is 0.136 e. The van der Waals surface area contributed by atoms with Crippen LogP contribution >= 0.6 is 0 Å². The normalized spacial score (nSPS) is 47.2. The summed E-state index contributed by atoms with van der Waals surface area (Å²) in [4.78, 5) is 13.3. The Hall–Kier alpha value is -0.750. The van der Waals surface area contributed by atoms with Gasteiger partial charge in [-0.3, -0.25) is 4.79 Å². The molecule has 0 heterocycles. The molecule has 0 unspecified atom stereocenters. The highest BCUT2D eigenvalue weighted by molar-refractivity contribution is 5.83. The van der Waals surface area contributed by atoms with E-state index in [9.17, 15) is 25.2 Å². The lowest BCUT2D eigenvalue weighted by molar-refractivity contribution is -0.174.